The third-order valence-corrected chi connectivity index (χ3v) is 6.33. The molecule has 0 aliphatic rings. The molecule has 168 valence electrons. The van der Waals surface area contributed by atoms with E-state index in [1.54, 1.807) is 31.6 Å². The number of hydrogen-bond donors (Lipinski definition) is 1. The monoisotopic (exact) mass is 479 g/mol. The number of halogens is 1. The van der Waals surface area contributed by atoms with Gasteiger partial charge in [-0.2, -0.15) is 0 Å². The lowest BCUT2D eigenvalue weighted by Crippen LogP contribution is -2.12. The normalized spacial score (nSPS) is 10.8. The Kier molecular flexibility index (Phi) is 7.26. The molecule has 4 rings (SSSR count). The number of ether oxygens (including phenoxy) is 1. The fraction of sp³-hybridized carbons (Fsp3) is 0.167. The Morgan fingerprint density at radius 1 is 1.09 bits per heavy atom. The summed E-state index contributed by atoms with van der Waals surface area (Å²) in [6.07, 6.45) is 3.76. The average molecular weight is 480 g/mol. The van der Waals surface area contributed by atoms with Gasteiger partial charge in [0.25, 0.3) is 0 Å². The minimum Gasteiger partial charge on any atom is -0.497 e. The van der Waals surface area contributed by atoms with Gasteiger partial charge in [-0.1, -0.05) is 29.4 Å². The van der Waals surface area contributed by atoms with Crippen LogP contribution in [0, 0.1) is 6.92 Å². The van der Waals surface area contributed by atoms with Crippen LogP contribution in [0.25, 0.3) is 17.1 Å². The lowest BCUT2D eigenvalue weighted by Gasteiger charge is -2.14. The third kappa shape index (κ3) is 5.35. The van der Waals surface area contributed by atoms with Gasteiger partial charge < -0.3 is 10.1 Å². The Morgan fingerprint density at radius 3 is 2.58 bits per heavy atom. The average Bonchev–Trinajstić information content (AvgIpc) is 3.25. The molecule has 9 heteroatoms. The number of methoxy groups -OCH3 is 1. The fourth-order valence-corrected chi connectivity index (χ4v) is 4.29. The zero-order valence-corrected chi connectivity index (χ0v) is 19.7. The summed E-state index contributed by atoms with van der Waals surface area (Å²) in [6, 6.07) is 16.7. The highest BCUT2D eigenvalue weighted by Crippen LogP contribution is 2.31. The van der Waals surface area contributed by atoms with Crippen LogP contribution in [0.3, 0.4) is 0 Å². The molecule has 0 saturated heterocycles. The maximum Gasteiger partial charge on any atom is 0.225 e. The van der Waals surface area contributed by atoms with Crippen molar-refractivity contribution in [2.45, 2.75) is 18.5 Å². The molecule has 7 nitrogen and oxygen atoms in total. The van der Waals surface area contributed by atoms with E-state index in [0.717, 1.165) is 28.3 Å². The highest BCUT2D eigenvalue weighted by molar-refractivity contribution is 7.99. The molecular formula is C24H22ClN5O2S. The zero-order chi connectivity index (χ0) is 23.2. The van der Waals surface area contributed by atoms with Gasteiger partial charge in [-0.15, -0.1) is 10.2 Å². The molecule has 33 heavy (non-hydrogen) atoms. The van der Waals surface area contributed by atoms with Crippen molar-refractivity contribution in [2.75, 3.05) is 18.2 Å². The molecule has 0 bridgehead atoms. The Labute approximate surface area is 201 Å². The second kappa shape index (κ2) is 10.5. The van der Waals surface area contributed by atoms with E-state index in [1.807, 2.05) is 54.0 Å². The van der Waals surface area contributed by atoms with Crippen LogP contribution in [-0.4, -0.2) is 38.5 Å². The molecule has 0 atom stereocenters. The van der Waals surface area contributed by atoms with E-state index in [0.29, 0.717) is 28.2 Å². The van der Waals surface area contributed by atoms with Crippen LogP contribution in [-0.2, 0) is 4.79 Å². The standard InChI is InChI=1S/C24H22ClN5O2S/c1-16-20(25)4-3-5-21(16)30-23(17-10-13-26-14-11-17)28-29-24(30)33-15-12-22(31)27-18-6-8-19(32-2)9-7-18/h3-11,13-14H,12,15H2,1-2H3,(H,27,31). The van der Waals surface area contributed by atoms with Crippen LogP contribution >= 0.6 is 23.4 Å². The number of amides is 1. The molecule has 0 fully saturated rings. The van der Waals surface area contributed by atoms with Gasteiger partial charge in [-0.3, -0.25) is 14.3 Å². The maximum absolute atomic E-state index is 12.4. The second-order valence-electron chi connectivity index (χ2n) is 7.14. The molecule has 4 aromatic rings. The molecule has 0 aliphatic heterocycles. The van der Waals surface area contributed by atoms with Gasteiger partial charge in [-0.05, 0) is 61.0 Å². The van der Waals surface area contributed by atoms with E-state index in [1.165, 1.54) is 11.8 Å². The van der Waals surface area contributed by atoms with Crippen LogP contribution in [0.15, 0.2) is 72.1 Å². The number of benzene rings is 2. The molecule has 0 saturated carbocycles. The van der Waals surface area contributed by atoms with E-state index in [4.69, 9.17) is 16.3 Å². The Bertz CT molecular complexity index is 1250. The lowest BCUT2D eigenvalue weighted by molar-refractivity contribution is -0.115. The first-order valence-corrected chi connectivity index (χ1v) is 11.6. The fourth-order valence-electron chi connectivity index (χ4n) is 3.24. The predicted octanol–water partition coefficient (Wildman–Crippen LogP) is 5.42. The minimum atomic E-state index is -0.0768. The number of aromatic nitrogens is 4. The number of pyridine rings is 1. The van der Waals surface area contributed by atoms with Gasteiger partial charge in [0.1, 0.15) is 5.75 Å². The lowest BCUT2D eigenvalue weighted by atomic mass is 10.2. The summed E-state index contributed by atoms with van der Waals surface area (Å²) in [7, 11) is 1.61. The highest BCUT2D eigenvalue weighted by atomic mass is 35.5. The number of rotatable bonds is 8. The molecule has 1 amide bonds. The maximum atomic E-state index is 12.4. The highest BCUT2D eigenvalue weighted by Gasteiger charge is 2.18. The summed E-state index contributed by atoms with van der Waals surface area (Å²) < 4.78 is 7.12. The Hall–Kier alpha value is -3.36. The van der Waals surface area contributed by atoms with Crippen molar-refractivity contribution in [3.8, 4) is 22.8 Å². The first-order chi connectivity index (χ1) is 16.1. The van der Waals surface area contributed by atoms with E-state index >= 15 is 0 Å². The van der Waals surface area contributed by atoms with Crippen LogP contribution in [0.1, 0.15) is 12.0 Å². The van der Waals surface area contributed by atoms with Crippen LogP contribution in [0.2, 0.25) is 5.02 Å². The van der Waals surface area contributed by atoms with Gasteiger partial charge in [0.2, 0.25) is 5.91 Å². The zero-order valence-electron chi connectivity index (χ0n) is 18.2. The van der Waals surface area contributed by atoms with E-state index in [-0.39, 0.29) is 5.91 Å². The van der Waals surface area contributed by atoms with Crippen molar-refractivity contribution < 1.29 is 9.53 Å². The number of carbonyl (C=O) groups excluding carboxylic acids is 1. The molecular weight excluding hydrogens is 458 g/mol. The number of nitrogens with zero attached hydrogens (tertiary/aromatic N) is 4. The summed E-state index contributed by atoms with van der Waals surface area (Å²) in [5.74, 6) is 1.89. The molecule has 0 unspecified atom stereocenters. The van der Waals surface area contributed by atoms with Crippen molar-refractivity contribution >= 4 is 35.0 Å². The van der Waals surface area contributed by atoms with Gasteiger partial charge in [0.15, 0.2) is 11.0 Å². The van der Waals surface area contributed by atoms with Crippen LogP contribution in [0.4, 0.5) is 5.69 Å². The summed E-state index contributed by atoms with van der Waals surface area (Å²) in [4.78, 5) is 16.5. The molecule has 0 aliphatic carbocycles. The van der Waals surface area contributed by atoms with E-state index in [9.17, 15) is 4.79 Å². The second-order valence-corrected chi connectivity index (χ2v) is 8.61. The van der Waals surface area contributed by atoms with Crippen molar-refractivity contribution in [3.63, 3.8) is 0 Å². The van der Waals surface area contributed by atoms with Crippen LogP contribution < -0.4 is 10.1 Å². The van der Waals surface area contributed by atoms with E-state index < -0.39 is 0 Å². The van der Waals surface area contributed by atoms with Gasteiger partial charge in [0, 0.05) is 40.8 Å². The first-order valence-electron chi connectivity index (χ1n) is 10.2. The molecule has 2 aromatic heterocycles. The summed E-state index contributed by atoms with van der Waals surface area (Å²) in [5, 5.41) is 13.1. The number of thioether (sulfide) groups is 1. The minimum absolute atomic E-state index is 0.0768. The Balaban J connectivity index is 1.52. The molecule has 2 heterocycles. The number of nitrogens with one attached hydrogen (secondary N) is 1. The van der Waals surface area contributed by atoms with Gasteiger partial charge in [0.05, 0.1) is 12.8 Å². The molecule has 0 spiro atoms. The van der Waals surface area contributed by atoms with Crippen molar-refractivity contribution in [2.24, 2.45) is 0 Å². The molecule has 2 aromatic carbocycles. The SMILES string of the molecule is COc1ccc(NC(=O)CCSc2nnc(-c3ccncc3)n2-c2cccc(Cl)c2C)cc1. The summed E-state index contributed by atoms with van der Waals surface area (Å²) in [6.45, 7) is 1.96. The van der Waals surface area contributed by atoms with Crippen LogP contribution in [0.5, 0.6) is 5.75 Å². The van der Waals surface area contributed by atoms with Crippen molar-refractivity contribution in [1.82, 2.24) is 19.7 Å². The van der Waals surface area contributed by atoms with E-state index in [2.05, 4.69) is 20.5 Å². The van der Waals surface area contributed by atoms with Gasteiger partial charge in [-0.25, -0.2) is 0 Å². The summed E-state index contributed by atoms with van der Waals surface area (Å²) in [5.41, 5.74) is 3.43. The van der Waals surface area contributed by atoms with Gasteiger partial charge >= 0.3 is 0 Å². The number of carbonyl (C=O) groups is 1. The first kappa shape index (κ1) is 22.8. The smallest absolute Gasteiger partial charge is 0.225 e. The molecule has 1 N–H and O–H groups in total. The number of hydrogen-bond acceptors (Lipinski definition) is 6. The Morgan fingerprint density at radius 2 is 1.85 bits per heavy atom. The van der Waals surface area contributed by atoms with Crippen molar-refractivity contribution in [3.05, 3.63) is 77.6 Å². The number of anilines is 1. The molecule has 0 radical (unpaired) electrons. The largest absolute Gasteiger partial charge is 0.497 e. The third-order valence-electron chi connectivity index (χ3n) is 4.99. The van der Waals surface area contributed by atoms with Crippen molar-refractivity contribution in [1.29, 1.82) is 0 Å². The quantitative estimate of drug-likeness (QED) is 0.340. The predicted molar refractivity (Wildman–Crippen MR) is 131 cm³/mol. The topological polar surface area (TPSA) is 81.9 Å². The summed E-state index contributed by atoms with van der Waals surface area (Å²) >= 11 is 7.86.